The molecule has 5 nitrogen and oxygen atoms in total. The molecule has 0 unspecified atom stereocenters. The zero-order chi connectivity index (χ0) is 13.8. The first-order valence-electron chi connectivity index (χ1n) is 5.98. The van der Waals surface area contributed by atoms with Gasteiger partial charge in [-0.15, -0.1) is 0 Å². The largest absolute Gasteiger partial charge is 0.497 e. The van der Waals surface area contributed by atoms with Crippen LogP contribution in [0.5, 0.6) is 5.75 Å². The van der Waals surface area contributed by atoms with E-state index in [-0.39, 0.29) is 17.9 Å². The fraction of sp³-hybridized carbons (Fsp3) is 0.286. The van der Waals surface area contributed by atoms with Crippen molar-refractivity contribution in [3.8, 4) is 5.75 Å². The number of carbonyl (C=O) groups is 1. The van der Waals surface area contributed by atoms with E-state index in [9.17, 15) is 9.59 Å². The maximum atomic E-state index is 11.8. The van der Waals surface area contributed by atoms with Gasteiger partial charge in [0.1, 0.15) is 12.3 Å². The van der Waals surface area contributed by atoms with E-state index >= 15 is 0 Å². The summed E-state index contributed by atoms with van der Waals surface area (Å²) in [4.78, 5) is 23.3. The van der Waals surface area contributed by atoms with Crippen LogP contribution in [0.4, 0.5) is 0 Å². The zero-order valence-corrected chi connectivity index (χ0v) is 10.9. The van der Waals surface area contributed by atoms with Gasteiger partial charge in [-0.05, 0) is 25.1 Å². The number of benzene rings is 1. The van der Waals surface area contributed by atoms with E-state index in [2.05, 4.69) is 0 Å². The Morgan fingerprint density at radius 1 is 1.32 bits per heavy atom. The molecule has 1 aromatic heterocycles. The lowest BCUT2D eigenvalue weighted by Crippen LogP contribution is -2.16. The van der Waals surface area contributed by atoms with Gasteiger partial charge in [0.15, 0.2) is 5.43 Å². The minimum Gasteiger partial charge on any atom is -0.497 e. The number of hydrogen-bond donors (Lipinski definition) is 0. The highest BCUT2D eigenvalue weighted by Gasteiger charge is 2.08. The number of pyridine rings is 1. The highest BCUT2D eigenvalue weighted by atomic mass is 16.5. The molecule has 0 aliphatic carbocycles. The topological polar surface area (TPSA) is 57.5 Å². The smallest absolute Gasteiger partial charge is 0.325 e. The summed E-state index contributed by atoms with van der Waals surface area (Å²) in [5.41, 5.74) is 0.579. The number of hydrogen-bond acceptors (Lipinski definition) is 4. The molecule has 1 aromatic carbocycles. The molecule has 0 saturated carbocycles. The Kier molecular flexibility index (Phi) is 3.85. The molecule has 0 fully saturated rings. The Labute approximate surface area is 110 Å². The van der Waals surface area contributed by atoms with Crippen molar-refractivity contribution >= 4 is 16.9 Å². The van der Waals surface area contributed by atoms with Crippen LogP contribution >= 0.6 is 0 Å². The molecule has 0 bridgehead atoms. The van der Waals surface area contributed by atoms with Gasteiger partial charge in [-0.25, -0.2) is 0 Å². The van der Waals surface area contributed by atoms with Crippen LogP contribution in [0.25, 0.3) is 10.9 Å². The lowest BCUT2D eigenvalue weighted by atomic mass is 10.2. The predicted octanol–water partition coefficient (Wildman–Crippen LogP) is 1.57. The Balaban J connectivity index is 2.48. The second-order valence-electron chi connectivity index (χ2n) is 4.00. The quantitative estimate of drug-likeness (QED) is 0.784. The molecule has 2 aromatic rings. The van der Waals surface area contributed by atoms with Crippen molar-refractivity contribution in [1.82, 2.24) is 4.57 Å². The molecular formula is C14H15NO4. The average molecular weight is 261 g/mol. The van der Waals surface area contributed by atoms with Gasteiger partial charge >= 0.3 is 5.97 Å². The van der Waals surface area contributed by atoms with Crippen molar-refractivity contribution in [1.29, 1.82) is 0 Å². The Morgan fingerprint density at radius 2 is 2.11 bits per heavy atom. The van der Waals surface area contributed by atoms with Crippen molar-refractivity contribution in [2.75, 3.05) is 13.7 Å². The molecule has 0 atom stereocenters. The van der Waals surface area contributed by atoms with Gasteiger partial charge in [0.05, 0.1) is 19.2 Å². The summed E-state index contributed by atoms with van der Waals surface area (Å²) >= 11 is 0. The van der Waals surface area contributed by atoms with Crippen molar-refractivity contribution in [3.63, 3.8) is 0 Å². The molecule has 0 N–H and O–H groups in total. The second kappa shape index (κ2) is 5.56. The first-order chi connectivity index (χ1) is 9.15. The van der Waals surface area contributed by atoms with Gasteiger partial charge in [0.2, 0.25) is 0 Å². The van der Waals surface area contributed by atoms with E-state index in [1.807, 2.05) is 0 Å². The van der Waals surface area contributed by atoms with Gasteiger partial charge in [0, 0.05) is 17.6 Å². The SMILES string of the molecule is CCOC(=O)Cn1ccc(=O)c2cc(OC)ccc21. The first kappa shape index (κ1) is 13.1. The van der Waals surface area contributed by atoms with Crippen LogP contribution in [0, 0.1) is 0 Å². The molecule has 5 heteroatoms. The lowest BCUT2D eigenvalue weighted by Gasteiger charge is -2.10. The van der Waals surface area contributed by atoms with E-state index in [1.165, 1.54) is 6.07 Å². The number of fused-ring (bicyclic) bond motifs is 1. The van der Waals surface area contributed by atoms with E-state index in [0.717, 1.165) is 0 Å². The third-order valence-electron chi connectivity index (χ3n) is 2.79. The number of carbonyl (C=O) groups excluding carboxylic acids is 1. The van der Waals surface area contributed by atoms with Crippen LogP contribution < -0.4 is 10.2 Å². The molecule has 0 radical (unpaired) electrons. The number of aromatic nitrogens is 1. The number of esters is 1. The zero-order valence-electron chi connectivity index (χ0n) is 10.9. The summed E-state index contributed by atoms with van der Waals surface area (Å²) in [7, 11) is 1.54. The molecule has 0 aliphatic heterocycles. The Bertz CT molecular complexity index is 660. The maximum Gasteiger partial charge on any atom is 0.325 e. The number of rotatable bonds is 4. The maximum absolute atomic E-state index is 11.8. The van der Waals surface area contributed by atoms with Crippen molar-refractivity contribution in [2.45, 2.75) is 13.5 Å². The monoisotopic (exact) mass is 261 g/mol. The summed E-state index contributed by atoms with van der Waals surface area (Å²) in [6.45, 7) is 2.17. The Hall–Kier alpha value is -2.30. The van der Waals surface area contributed by atoms with Crippen molar-refractivity contribution in [3.05, 3.63) is 40.7 Å². The molecule has 1 heterocycles. The second-order valence-corrected chi connectivity index (χ2v) is 4.00. The van der Waals surface area contributed by atoms with Crippen LogP contribution in [0.3, 0.4) is 0 Å². The number of methoxy groups -OCH3 is 1. The van der Waals surface area contributed by atoms with Gasteiger partial charge in [-0.3, -0.25) is 9.59 Å². The third kappa shape index (κ3) is 2.76. The van der Waals surface area contributed by atoms with Crippen LogP contribution in [-0.4, -0.2) is 24.3 Å². The van der Waals surface area contributed by atoms with Crippen molar-refractivity contribution < 1.29 is 14.3 Å². The van der Waals surface area contributed by atoms with Crippen LogP contribution in [0.2, 0.25) is 0 Å². The predicted molar refractivity (Wildman–Crippen MR) is 71.4 cm³/mol. The van der Waals surface area contributed by atoms with Gasteiger partial charge in [-0.2, -0.15) is 0 Å². The molecule has 19 heavy (non-hydrogen) atoms. The fourth-order valence-electron chi connectivity index (χ4n) is 1.90. The van der Waals surface area contributed by atoms with E-state index < -0.39 is 0 Å². The van der Waals surface area contributed by atoms with Crippen LogP contribution in [0.1, 0.15) is 6.92 Å². The highest BCUT2D eigenvalue weighted by Crippen LogP contribution is 2.17. The number of ether oxygens (including phenoxy) is 2. The summed E-state index contributed by atoms with van der Waals surface area (Å²) in [6.07, 6.45) is 1.59. The third-order valence-corrected chi connectivity index (χ3v) is 2.79. The minimum atomic E-state index is -0.330. The first-order valence-corrected chi connectivity index (χ1v) is 5.98. The molecule has 2 rings (SSSR count). The Morgan fingerprint density at radius 3 is 2.79 bits per heavy atom. The summed E-state index contributed by atoms with van der Waals surface area (Å²) in [5, 5.41) is 0.520. The number of nitrogens with zero attached hydrogens (tertiary/aromatic N) is 1. The van der Waals surface area contributed by atoms with E-state index in [4.69, 9.17) is 9.47 Å². The molecule has 0 amide bonds. The summed E-state index contributed by atoms with van der Waals surface area (Å²) < 4.78 is 11.7. The van der Waals surface area contributed by atoms with Crippen molar-refractivity contribution in [2.24, 2.45) is 0 Å². The van der Waals surface area contributed by atoms with Crippen LogP contribution in [0.15, 0.2) is 35.3 Å². The standard InChI is InChI=1S/C14H15NO4/c1-3-19-14(17)9-15-7-6-13(16)11-8-10(18-2)4-5-12(11)15/h4-8H,3,9H2,1-2H3. The van der Waals surface area contributed by atoms with Gasteiger partial charge in [0.25, 0.3) is 0 Å². The van der Waals surface area contributed by atoms with E-state index in [0.29, 0.717) is 23.3 Å². The molecule has 0 aliphatic rings. The van der Waals surface area contributed by atoms with Gasteiger partial charge in [-0.1, -0.05) is 0 Å². The molecule has 0 spiro atoms. The average Bonchev–Trinajstić information content (AvgIpc) is 2.42. The lowest BCUT2D eigenvalue weighted by molar-refractivity contribution is -0.143. The summed E-state index contributed by atoms with van der Waals surface area (Å²) in [5.74, 6) is 0.279. The normalized spacial score (nSPS) is 10.4. The van der Waals surface area contributed by atoms with Gasteiger partial charge < -0.3 is 14.0 Å². The molecule has 100 valence electrons. The highest BCUT2D eigenvalue weighted by molar-refractivity contribution is 5.82. The molecular weight excluding hydrogens is 246 g/mol. The fourth-order valence-corrected chi connectivity index (χ4v) is 1.90. The molecule has 0 saturated heterocycles. The van der Waals surface area contributed by atoms with E-state index in [1.54, 1.807) is 43.0 Å². The van der Waals surface area contributed by atoms with Crippen LogP contribution in [-0.2, 0) is 16.1 Å². The summed E-state index contributed by atoms with van der Waals surface area (Å²) in [6, 6.07) is 6.61. The minimum absolute atomic E-state index is 0.0803.